The Balaban J connectivity index is 1.67. The summed E-state index contributed by atoms with van der Waals surface area (Å²) in [6.07, 6.45) is 2.30. The number of aromatic nitrogens is 2. The van der Waals surface area contributed by atoms with Crippen LogP contribution in [0.25, 0.3) is 44.9 Å². The molecule has 0 spiro atoms. The highest BCUT2D eigenvalue weighted by Gasteiger charge is 2.20. The first kappa shape index (κ1) is 26.4. The normalized spacial score (nSPS) is 11.7. The first-order valence-electron chi connectivity index (χ1n) is 14.2. The smallest absolute Gasteiger partial charge is 0.102 e. The minimum absolute atomic E-state index is 0.892. The van der Waals surface area contributed by atoms with E-state index in [2.05, 4.69) is 150 Å². The number of hydrogen-bond donors (Lipinski definition) is 0. The van der Waals surface area contributed by atoms with Crippen LogP contribution in [0.4, 0.5) is 0 Å². The molecule has 0 atom stereocenters. The van der Waals surface area contributed by atoms with Crippen molar-refractivity contribution in [2.45, 2.75) is 34.6 Å². The van der Waals surface area contributed by atoms with Gasteiger partial charge in [-0.05, 0) is 74.1 Å². The number of rotatable bonds is 5. The van der Waals surface area contributed by atoms with E-state index in [-0.39, 0.29) is 0 Å². The van der Waals surface area contributed by atoms with Crippen LogP contribution in [-0.4, -0.2) is 10.2 Å². The number of nitrogens with zero attached hydrogens (tertiary/aromatic N) is 2. The van der Waals surface area contributed by atoms with Gasteiger partial charge in [-0.15, -0.1) is 10.2 Å². The van der Waals surface area contributed by atoms with Crippen LogP contribution in [0.3, 0.4) is 0 Å². The average molecular weight is 531 g/mol. The number of fused-ring (bicyclic) bond motifs is 1. The van der Waals surface area contributed by atoms with Crippen molar-refractivity contribution >= 4 is 22.6 Å². The molecular weight excluding hydrogens is 496 g/mol. The molecule has 0 saturated heterocycles. The molecule has 0 radical (unpaired) electrons. The van der Waals surface area contributed by atoms with Crippen molar-refractivity contribution < 1.29 is 0 Å². The van der Waals surface area contributed by atoms with Crippen molar-refractivity contribution in [1.29, 1.82) is 0 Å². The summed E-state index contributed by atoms with van der Waals surface area (Å²) < 4.78 is 0. The standard InChI is InChI=1S/C39H34N2/c1-25-9-16-30(17-10-25)24-35(31-18-11-26(2)12-19-31)36-23-28(4)15-22-33(36)39-37(32-20-13-27(3)14-21-32)34-8-6-7-29(5)38(34)40-41-39/h6-24H,1-5H3/b35-24+. The third-order valence-corrected chi connectivity index (χ3v) is 7.81. The van der Waals surface area contributed by atoms with Gasteiger partial charge < -0.3 is 0 Å². The van der Waals surface area contributed by atoms with Crippen molar-refractivity contribution in [3.8, 4) is 22.4 Å². The average Bonchev–Trinajstić information content (AvgIpc) is 2.98. The van der Waals surface area contributed by atoms with Gasteiger partial charge in [0.05, 0.1) is 5.52 Å². The molecule has 0 saturated carbocycles. The van der Waals surface area contributed by atoms with Gasteiger partial charge in [0, 0.05) is 16.5 Å². The fraction of sp³-hybridized carbons (Fsp3) is 0.128. The van der Waals surface area contributed by atoms with Crippen LogP contribution >= 0.6 is 0 Å². The largest absolute Gasteiger partial charge is 0.150 e. The fourth-order valence-electron chi connectivity index (χ4n) is 5.44. The Morgan fingerprint density at radius 2 is 1.20 bits per heavy atom. The third-order valence-electron chi connectivity index (χ3n) is 7.81. The van der Waals surface area contributed by atoms with Crippen molar-refractivity contribution in [1.82, 2.24) is 10.2 Å². The summed E-state index contributed by atoms with van der Waals surface area (Å²) in [7, 11) is 0. The zero-order valence-corrected chi connectivity index (χ0v) is 24.4. The summed E-state index contributed by atoms with van der Waals surface area (Å²) >= 11 is 0. The van der Waals surface area contributed by atoms with Crippen molar-refractivity contribution in [3.05, 3.63) is 154 Å². The molecule has 0 bridgehead atoms. The second-order valence-corrected chi connectivity index (χ2v) is 11.1. The minimum atomic E-state index is 0.892. The lowest BCUT2D eigenvalue weighted by atomic mass is 9.86. The molecule has 5 aromatic carbocycles. The SMILES string of the molecule is Cc1ccc(/C=C(\c2ccc(C)cc2)c2cc(C)ccc2-c2nnc3c(C)cccc3c2-c2ccc(C)cc2)cc1. The lowest BCUT2D eigenvalue weighted by Crippen LogP contribution is -2.00. The fourth-order valence-corrected chi connectivity index (χ4v) is 5.44. The molecule has 0 unspecified atom stereocenters. The van der Waals surface area contributed by atoms with E-state index >= 15 is 0 Å². The monoisotopic (exact) mass is 530 g/mol. The van der Waals surface area contributed by atoms with Gasteiger partial charge >= 0.3 is 0 Å². The molecule has 200 valence electrons. The van der Waals surface area contributed by atoms with Gasteiger partial charge in [-0.3, -0.25) is 0 Å². The maximum Gasteiger partial charge on any atom is 0.102 e. The topological polar surface area (TPSA) is 25.8 Å². The van der Waals surface area contributed by atoms with Gasteiger partial charge in [-0.2, -0.15) is 0 Å². The zero-order chi connectivity index (χ0) is 28.5. The lowest BCUT2D eigenvalue weighted by Gasteiger charge is -2.19. The van der Waals surface area contributed by atoms with Crippen LogP contribution in [-0.2, 0) is 0 Å². The Labute approximate surface area is 243 Å². The molecule has 1 heterocycles. The van der Waals surface area contributed by atoms with E-state index in [0.29, 0.717) is 0 Å². The maximum atomic E-state index is 4.96. The van der Waals surface area contributed by atoms with Gasteiger partial charge in [-0.1, -0.05) is 131 Å². The first-order valence-corrected chi connectivity index (χ1v) is 14.2. The molecule has 0 fully saturated rings. The zero-order valence-electron chi connectivity index (χ0n) is 24.4. The second-order valence-electron chi connectivity index (χ2n) is 11.1. The molecule has 0 amide bonds. The van der Waals surface area contributed by atoms with Crippen LogP contribution in [0.5, 0.6) is 0 Å². The quantitative estimate of drug-likeness (QED) is 0.207. The van der Waals surface area contributed by atoms with Gasteiger partial charge in [0.1, 0.15) is 5.69 Å². The van der Waals surface area contributed by atoms with Gasteiger partial charge in [-0.25, -0.2) is 0 Å². The number of aryl methyl sites for hydroxylation is 5. The van der Waals surface area contributed by atoms with Gasteiger partial charge in [0.15, 0.2) is 0 Å². The van der Waals surface area contributed by atoms with E-state index in [1.54, 1.807) is 0 Å². The second kappa shape index (κ2) is 11.0. The van der Waals surface area contributed by atoms with Crippen molar-refractivity contribution in [3.63, 3.8) is 0 Å². The molecule has 0 aliphatic heterocycles. The highest BCUT2D eigenvalue weighted by molar-refractivity contribution is 6.05. The van der Waals surface area contributed by atoms with Crippen molar-refractivity contribution in [2.24, 2.45) is 0 Å². The van der Waals surface area contributed by atoms with E-state index in [9.17, 15) is 0 Å². The Kier molecular flexibility index (Phi) is 7.07. The third kappa shape index (κ3) is 5.34. The summed E-state index contributed by atoms with van der Waals surface area (Å²) in [5.41, 5.74) is 15.8. The highest BCUT2D eigenvalue weighted by Crippen LogP contribution is 2.41. The number of benzene rings is 5. The van der Waals surface area contributed by atoms with Crippen molar-refractivity contribution in [2.75, 3.05) is 0 Å². The van der Waals surface area contributed by atoms with E-state index in [1.807, 2.05) is 0 Å². The highest BCUT2D eigenvalue weighted by atomic mass is 15.1. The Morgan fingerprint density at radius 3 is 1.88 bits per heavy atom. The van der Waals surface area contributed by atoms with Crippen LogP contribution in [0, 0.1) is 34.6 Å². The summed E-state index contributed by atoms with van der Waals surface area (Å²) in [4.78, 5) is 0. The Bertz CT molecular complexity index is 1890. The first-order chi connectivity index (χ1) is 19.9. The van der Waals surface area contributed by atoms with Crippen LogP contribution in [0.1, 0.15) is 44.5 Å². The molecule has 2 nitrogen and oxygen atoms in total. The molecule has 41 heavy (non-hydrogen) atoms. The Hall–Kier alpha value is -4.82. The molecule has 6 aromatic rings. The predicted octanol–water partition coefficient (Wildman–Crippen LogP) is 10.1. The molecule has 0 aliphatic carbocycles. The minimum Gasteiger partial charge on any atom is -0.150 e. The molecule has 0 N–H and O–H groups in total. The number of hydrogen-bond acceptors (Lipinski definition) is 2. The van der Waals surface area contributed by atoms with E-state index in [1.165, 1.54) is 27.8 Å². The summed E-state index contributed by atoms with van der Waals surface area (Å²) in [6.45, 7) is 10.6. The summed E-state index contributed by atoms with van der Waals surface area (Å²) in [5, 5.41) is 10.9. The molecule has 6 rings (SSSR count). The summed E-state index contributed by atoms with van der Waals surface area (Å²) in [5.74, 6) is 0. The van der Waals surface area contributed by atoms with E-state index < -0.39 is 0 Å². The molecule has 0 aliphatic rings. The van der Waals surface area contributed by atoms with Crippen LogP contribution < -0.4 is 0 Å². The maximum absolute atomic E-state index is 4.96. The molecule has 1 aromatic heterocycles. The van der Waals surface area contributed by atoms with E-state index in [0.717, 1.165) is 55.6 Å². The van der Waals surface area contributed by atoms with E-state index in [4.69, 9.17) is 10.2 Å². The molecule has 2 heteroatoms. The van der Waals surface area contributed by atoms with Crippen LogP contribution in [0.2, 0.25) is 0 Å². The van der Waals surface area contributed by atoms with Gasteiger partial charge in [0.25, 0.3) is 0 Å². The van der Waals surface area contributed by atoms with Gasteiger partial charge in [0.2, 0.25) is 0 Å². The lowest BCUT2D eigenvalue weighted by molar-refractivity contribution is 1.08. The van der Waals surface area contributed by atoms with Crippen LogP contribution in [0.15, 0.2) is 109 Å². The molecular formula is C39H34N2. The summed E-state index contributed by atoms with van der Waals surface area (Å²) in [6, 6.07) is 39.4. The Morgan fingerprint density at radius 1 is 0.585 bits per heavy atom. The predicted molar refractivity (Wildman–Crippen MR) is 174 cm³/mol.